The molecule has 3 rings (SSSR count). The number of fused-ring (bicyclic) bond motifs is 1. The van der Waals surface area contributed by atoms with Gasteiger partial charge in [0.2, 0.25) is 0 Å². The van der Waals surface area contributed by atoms with E-state index in [0.717, 1.165) is 10.9 Å². The number of methoxy groups -OCH3 is 1. The molecule has 1 heterocycles. The van der Waals surface area contributed by atoms with E-state index in [9.17, 15) is 9.18 Å². The number of aromatic amines is 1. The molecule has 0 radical (unpaired) electrons. The molecule has 4 nitrogen and oxygen atoms in total. The molecular weight excluding hydrogens is 271 g/mol. The van der Waals surface area contributed by atoms with Gasteiger partial charge in [0.25, 0.3) is 5.91 Å². The molecule has 0 saturated carbocycles. The summed E-state index contributed by atoms with van der Waals surface area (Å²) >= 11 is 0. The van der Waals surface area contributed by atoms with Crippen molar-refractivity contribution in [3.8, 4) is 5.75 Å². The van der Waals surface area contributed by atoms with Gasteiger partial charge in [0.1, 0.15) is 11.6 Å². The number of carbonyl (C=O) groups is 1. The first-order valence-corrected chi connectivity index (χ1v) is 6.40. The minimum Gasteiger partial charge on any atom is -0.497 e. The van der Waals surface area contributed by atoms with Crippen molar-refractivity contribution < 1.29 is 13.9 Å². The Morgan fingerprint density at radius 2 is 2.05 bits per heavy atom. The van der Waals surface area contributed by atoms with Crippen LogP contribution in [0, 0.1) is 5.82 Å². The number of para-hydroxylation sites is 1. The van der Waals surface area contributed by atoms with Crippen molar-refractivity contribution in [2.24, 2.45) is 0 Å². The van der Waals surface area contributed by atoms with Crippen molar-refractivity contribution in [1.82, 2.24) is 4.98 Å². The molecule has 1 aromatic heterocycles. The lowest BCUT2D eigenvalue weighted by Gasteiger charge is -2.05. The number of rotatable bonds is 3. The largest absolute Gasteiger partial charge is 0.497 e. The molecule has 0 aliphatic carbocycles. The molecule has 0 spiro atoms. The first-order chi connectivity index (χ1) is 10.2. The molecule has 1 amide bonds. The summed E-state index contributed by atoms with van der Waals surface area (Å²) in [5.41, 5.74) is 1.40. The van der Waals surface area contributed by atoms with Crippen molar-refractivity contribution >= 4 is 22.5 Å². The summed E-state index contributed by atoms with van der Waals surface area (Å²) in [6.45, 7) is 0. The van der Waals surface area contributed by atoms with Crippen LogP contribution in [0.25, 0.3) is 10.9 Å². The van der Waals surface area contributed by atoms with E-state index >= 15 is 0 Å². The van der Waals surface area contributed by atoms with Gasteiger partial charge in [-0.25, -0.2) is 4.39 Å². The van der Waals surface area contributed by atoms with Crippen molar-refractivity contribution in [1.29, 1.82) is 0 Å². The maximum Gasteiger partial charge on any atom is 0.257 e. The summed E-state index contributed by atoms with van der Waals surface area (Å²) in [6, 6.07) is 11.4. The van der Waals surface area contributed by atoms with Gasteiger partial charge in [-0.05, 0) is 24.3 Å². The van der Waals surface area contributed by atoms with E-state index in [1.807, 2.05) is 0 Å². The van der Waals surface area contributed by atoms with Crippen LogP contribution in [0.15, 0.2) is 48.7 Å². The molecule has 3 aromatic rings. The smallest absolute Gasteiger partial charge is 0.257 e. The third kappa shape index (κ3) is 2.45. The van der Waals surface area contributed by atoms with Crippen LogP contribution in [0.1, 0.15) is 10.4 Å². The lowest BCUT2D eigenvalue weighted by atomic mass is 10.1. The van der Waals surface area contributed by atoms with E-state index in [-0.39, 0.29) is 11.6 Å². The quantitative estimate of drug-likeness (QED) is 0.772. The van der Waals surface area contributed by atoms with Crippen LogP contribution >= 0.6 is 0 Å². The Labute approximate surface area is 120 Å². The maximum absolute atomic E-state index is 13.6. The molecule has 0 bridgehead atoms. The van der Waals surface area contributed by atoms with Crippen LogP contribution < -0.4 is 10.1 Å². The highest BCUT2D eigenvalue weighted by atomic mass is 19.1. The molecule has 0 aliphatic heterocycles. The van der Waals surface area contributed by atoms with E-state index in [2.05, 4.69) is 10.3 Å². The Bertz CT molecular complexity index is 811. The van der Waals surface area contributed by atoms with Gasteiger partial charge in [0.05, 0.1) is 18.4 Å². The van der Waals surface area contributed by atoms with Crippen molar-refractivity contribution in [2.75, 3.05) is 12.4 Å². The van der Waals surface area contributed by atoms with Gasteiger partial charge in [-0.15, -0.1) is 0 Å². The molecule has 2 aromatic carbocycles. The molecule has 0 unspecified atom stereocenters. The summed E-state index contributed by atoms with van der Waals surface area (Å²) < 4.78 is 18.7. The SMILES string of the molecule is COc1ccc2c(C(=O)Nc3ccccc3F)c[nH]c2c1. The zero-order chi connectivity index (χ0) is 14.8. The van der Waals surface area contributed by atoms with Gasteiger partial charge in [-0.3, -0.25) is 4.79 Å². The number of anilines is 1. The first kappa shape index (κ1) is 13.2. The van der Waals surface area contributed by atoms with E-state index in [0.29, 0.717) is 11.3 Å². The van der Waals surface area contributed by atoms with Crippen LogP contribution in [0.4, 0.5) is 10.1 Å². The van der Waals surface area contributed by atoms with Crippen molar-refractivity contribution in [2.45, 2.75) is 0 Å². The number of H-pyrrole nitrogens is 1. The summed E-state index contributed by atoms with van der Waals surface area (Å²) in [5.74, 6) is -0.130. The van der Waals surface area contributed by atoms with E-state index in [1.54, 1.807) is 43.6 Å². The highest BCUT2D eigenvalue weighted by molar-refractivity contribution is 6.12. The fourth-order valence-electron chi connectivity index (χ4n) is 2.17. The van der Waals surface area contributed by atoms with E-state index < -0.39 is 5.82 Å². The van der Waals surface area contributed by atoms with Crippen LogP contribution in [-0.2, 0) is 0 Å². The monoisotopic (exact) mass is 284 g/mol. The lowest BCUT2D eigenvalue weighted by Crippen LogP contribution is -2.12. The van der Waals surface area contributed by atoms with Crippen LogP contribution in [-0.4, -0.2) is 18.0 Å². The topological polar surface area (TPSA) is 54.1 Å². The van der Waals surface area contributed by atoms with Gasteiger partial charge < -0.3 is 15.0 Å². The zero-order valence-electron chi connectivity index (χ0n) is 11.3. The number of carbonyl (C=O) groups excluding carboxylic acids is 1. The number of amides is 1. The second-order valence-electron chi connectivity index (χ2n) is 4.55. The second kappa shape index (κ2) is 5.28. The van der Waals surface area contributed by atoms with Gasteiger partial charge in [-0.1, -0.05) is 12.1 Å². The highest BCUT2D eigenvalue weighted by Crippen LogP contribution is 2.24. The van der Waals surface area contributed by atoms with Crippen LogP contribution in [0.3, 0.4) is 0 Å². The number of hydrogen-bond donors (Lipinski definition) is 2. The second-order valence-corrected chi connectivity index (χ2v) is 4.55. The van der Waals surface area contributed by atoms with Crippen LogP contribution in [0.5, 0.6) is 5.75 Å². The summed E-state index contributed by atoms with van der Waals surface area (Å²) in [5, 5.41) is 3.32. The molecular formula is C16H13FN2O2. The minimum absolute atomic E-state index is 0.158. The molecule has 0 atom stereocenters. The maximum atomic E-state index is 13.6. The number of halogens is 1. The fourth-order valence-corrected chi connectivity index (χ4v) is 2.17. The lowest BCUT2D eigenvalue weighted by molar-refractivity contribution is 0.102. The zero-order valence-corrected chi connectivity index (χ0v) is 11.3. The summed E-state index contributed by atoms with van der Waals surface area (Å²) in [4.78, 5) is 15.3. The van der Waals surface area contributed by atoms with Gasteiger partial charge in [0, 0.05) is 23.2 Å². The van der Waals surface area contributed by atoms with Crippen LogP contribution in [0.2, 0.25) is 0 Å². The highest BCUT2D eigenvalue weighted by Gasteiger charge is 2.14. The standard InChI is InChI=1S/C16H13FN2O2/c1-21-10-6-7-11-12(9-18-15(11)8-10)16(20)19-14-5-3-2-4-13(14)17/h2-9,18H,1H3,(H,19,20). The Kier molecular flexibility index (Phi) is 3.31. The molecule has 106 valence electrons. The third-order valence-electron chi connectivity index (χ3n) is 3.26. The van der Waals surface area contributed by atoms with E-state index in [1.165, 1.54) is 12.1 Å². The van der Waals surface area contributed by atoms with E-state index in [4.69, 9.17) is 4.74 Å². The average Bonchev–Trinajstić information content (AvgIpc) is 2.92. The Morgan fingerprint density at radius 3 is 2.81 bits per heavy atom. The normalized spacial score (nSPS) is 10.6. The number of ether oxygens (including phenoxy) is 1. The molecule has 21 heavy (non-hydrogen) atoms. The van der Waals surface area contributed by atoms with Gasteiger partial charge >= 0.3 is 0 Å². The molecule has 0 aliphatic rings. The van der Waals surface area contributed by atoms with Gasteiger partial charge in [-0.2, -0.15) is 0 Å². The number of aromatic nitrogens is 1. The average molecular weight is 284 g/mol. The number of benzene rings is 2. The molecule has 0 saturated heterocycles. The Morgan fingerprint density at radius 1 is 1.24 bits per heavy atom. The van der Waals surface area contributed by atoms with Crippen molar-refractivity contribution in [3.63, 3.8) is 0 Å². The Balaban J connectivity index is 1.93. The summed E-state index contributed by atoms with van der Waals surface area (Å²) in [7, 11) is 1.58. The third-order valence-corrected chi connectivity index (χ3v) is 3.26. The number of nitrogens with one attached hydrogen (secondary N) is 2. The molecule has 0 fully saturated rings. The predicted octanol–water partition coefficient (Wildman–Crippen LogP) is 3.57. The van der Waals surface area contributed by atoms with Crippen molar-refractivity contribution in [3.05, 3.63) is 60.0 Å². The fraction of sp³-hybridized carbons (Fsp3) is 0.0625. The van der Waals surface area contributed by atoms with Gasteiger partial charge in [0.15, 0.2) is 0 Å². The Hall–Kier alpha value is -2.82. The molecule has 5 heteroatoms. The minimum atomic E-state index is -0.465. The first-order valence-electron chi connectivity index (χ1n) is 6.40. The summed E-state index contributed by atoms with van der Waals surface area (Å²) in [6.07, 6.45) is 1.60. The number of hydrogen-bond acceptors (Lipinski definition) is 2. The molecule has 2 N–H and O–H groups in total. The predicted molar refractivity (Wildman–Crippen MR) is 79.2 cm³/mol.